The summed E-state index contributed by atoms with van der Waals surface area (Å²) in [6.45, 7) is 0. The molecule has 0 fully saturated rings. The number of dihydropyridines is 1. The molecular weight excluding hydrogens is 138 g/mol. The van der Waals surface area contributed by atoms with Crippen molar-refractivity contribution in [1.29, 1.82) is 0 Å². The number of nitrogens with one attached hydrogen (secondary N) is 1. The lowest BCUT2D eigenvalue weighted by atomic mass is 9.98. The number of rotatable bonds is 0. The van der Waals surface area contributed by atoms with E-state index >= 15 is 0 Å². The molecule has 1 heterocycles. The van der Waals surface area contributed by atoms with Crippen molar-refractivity contribution in [2.75, 3.05) is 0 Å². The maximum absolute atomic E-state index is 9.38. The van der Waals surface area contributed by atoms with Crippen LogP contribution in [0.4, 0.5) is 0 Å². The van der Waals surface area contributed by atoms with Gasteiger partial charge in [-0.15, -0.1) is 0 Å². The first kappa shape index (κ1) is 6.28. The van der Waals surface area contributed by atoms with Gasteiger partial charge in [-0.25, -0.2) is 0 Å². The van der Waals surface area contributed by atoms with E-state index in [2.05, 4.69) is 5.32 Å². The molecule has 2 aliphatic rings. The van der Waals surface area contributed by atoms with Crippen LogP contribution in [-0.2, 0) is 0 Å². The van der Waals surface area contributed by atoms with Crippen LogP contribution in [0.2, 0.25) is 0 Å². The van der Waals surface area contributed by atoms with E-state index in [4.69, 9.17) is 0 Å². The minimum Gasteiger partial charge on any atom is -0.510 e. The Kier molecular flexibility index (Phi) is 1.32. The summed E-state index contributed by atoms with van der Waals surface area (Å²) in [6.07, 6.45) is 11.3. The van der Waals surface area contributed by atoms with Crippen molar-refractivity contribution in [3.05, 3.63) is 47.9 Å². The van der Waals surface area contributed by atoms with Gasteiger partial charge in [-0.2, -0.15) is 0 Å². The molecule has 0 amide bonds. The van der Waals surface area contributed by atoms with Crippen LogP contribution >= 0.6 is 0 Å². The van der Waals surface area contributed by atoms with Crippen LogP contribution in [-0.4, -0.2) is 11.1 Å². The lowest BCUT2D eigenvalue weighted by Gasteiger charge is -2.22. The predicted molar refractivity (Wildman–Crippen MR) is 44.0 cm³/mol. The predicted octanol–water partition coefficient (Wildman–Crippen LogP) is 1.41. The fourth-order valence-corrected chi connectivity index (χ4v) is 1.27. The lowest BCUT2D eigenvalue weighted by molar-refractivity contribution is 0.367. The zero-order chi connectivity index (χ0) is 7.68. The van der Waals surface area contributed by atoms with Crippen molar-refractivity contribution < 1.29 is 5.11 Å². The highest BCUT2D eigenvalue weighted by molar-refractivity contribution is 5.42. The number of hydrogen-bond donors (Lipinski definition) is 2. The van der Waals surface area contributed by atoms with Gasteiger partial charge in [0.05, 0.1) is 0 Å². The fraction of sp³-hybridized carbons (Fsp3) is 0.111. The molecule has 11 heavy (non-hydrogen) atoms. The zero-order valence-corrected chi connectivity index (χ0v) is 5.99. The molecule has 1 aliphatic heterocycles. The Bertz CT molecular complexity index is 284. The zero-order valence-electron chi connectivity index (χ0n) is 5.99. The normalized spacial score (nSPS) is 26.7. The molecule has 1 aliphatic carbocycles. The van der Waals surface area contributed by atoms with E-state index in [1.165, 1.54) is 0 Å². The van der Waals surface area contributed by atoms with Crippen LogP contribution in [0.25, 0.3) is 0 Å². The van der Waals surface area contributed by atoms with Gasteiger partial charge < -0.3 is 10.4 Å². The van der Waals surface area contributed by atoms with Gasteiger partial charge in [-0.3, -0.25) is 0 Å². The van der Waals surface area contributed by atoms with Crippen molar-refractivity contribution in [3.63, 3.8) is 0 Å². The number of allylic oxidation sites excluding steroid dienone is 4. The summed E-state index contributed by atoms with van der Waals surface area (Å²) in [5.41, 5.74) is 1.10. The summed E-state index contributed by atoms with van der Waals surface area (Å²) in [5.74, 6) is 0.378. The lowest BCUT2D eigenvalue weighted by Crippen LogP contribution is -2.30. The third-order valence-electron chi connectivity index (χ3n) is 1.83. The molecule has 0 aromatic heterocycles. The first-order valence-electron chi connectivity index (χ1n) is 3.58. The van der Waals surface area contributed by atoms with Crippen molar-refractivity contribution in [1.82, 2.24) is 5.32 Å². The molecule has 1 unspecified atom stereocenters. The molecule has 0 spiro atoms. The van der Waals surface area contributed by atoms with Crippen LogP contribution < -0.4 is 5.32 Å². The summed E-state index contributed by atoms with van der Waals surface area (Å²) in [7, 11) is 0. The van der Waals surface area contributed by atoms with Gasteiger partial charge in [0.15, 0.2) is 0 Å². The van der Waals surface area contributed by atoms with Crippen molar-refractivity contribution in [3.8, 4) is 0 Å². The molecule has 0 saturated carbocycles. The molecule has 0 aromatic carbocycles. The Morgan fingerprint density at radius 3 is 3.00 bits per heavy atom. The van der Waals surface area contributed by atoms with Crippen LogP contribution in [0.1, 0.15) is 0 Å². The summed E-state index contributed by atoms with van der Waals surface area (Å²) in [5, 5.41) is 12.4. The maximum atomic E-state index is 9.38. The Morgan fingerprint density at radius 1 is 1.27 bits per heavy atom. The van der Waals surface area contributed by atoms with Crippen LogP contribution in [0.15, 0.2) is 47.9 Å². The van der Waals surface area contributed by atoms with Gasteiger partial charge in [0.25, 0.3) is 0 Å². The minimum absolute atomic E-state index is 0.0231. The average molecular weight is 147 g/mol. The number of hydrogen-bond acceptors (Lipinski definition) is 2. The summed E-state index contributed by atoms with van der Waals surface area (Å²) in [6, 6.07) is -0.0231. The molecule has 2 nitrogen and oxygen atoms in total. The molecule has 2 N–H and O–H groups in total. The second kappa shape index (κ2) is 2.31. The Labute approximate surface area is 65.2 Å². The molecule has 56 valence electrons. The van der Waals surface area contributed by atoms with E-state index in [1.54, 1.807) is 6.08 Å². The van der Waals surface area contributed by atoms with E-state index in [9.17, 15) is 5.11 Å². The highest BCUT2D eigenvalue weighted by atomic mass is 16.3. The Hall–Kier alpha value is -1.44. The van der Waals surface area contributed by atoms with Gasteiger partial charge in [-0.1, -0.05) is 18.2 Å². The third-order valence-corrected chi connectivity index (χ3v) is 1.83. The molecule has 0 aromatic rings. The smallest absolute Gasteiger partial charge is 0.119 e. The van der Waals surface area contributed by atoms with Gasteiger partial charge in [0, 0.05) is 0 Å². The number of aliphatic hydroxyl groups is 1. The largest absolute Gasteiger partial charge is 0.510 e. The number of aliphatic hydroxyl groups excluding tert-OH is 1. The third kappa shape index (κ3) is 0.963. The van der Waals surface area contributed by atoms with Crippen LogP contribution in [0.5, 0.6) is 0 Å². The van der Waals surface area contributed by atoms with E-state index in [0.717, 1.165) is 5.57 Å². The SMILES string of the molecule is OC1=CC=CC2=CC=CNC12. The highest BCUT2D eigenvalue weighted by Gasteiger charge is 2.18. The molecule has 2 rings (SSSR count). The van der Waals surface area contributed by atoms with Crippen molar-refractivity contribution in [2.24, 2.45) is 0 Å². The average Bonchev–Trinajstić information content (AvgIpc) is 2.06. The van der Waals surface area contributed by atoms with E-state index in [1.807, 2.05) is 30.5 Å². The number of fused-ring (bicyclic) bond motifs is 1. The minimum atomic E-state index is -0.0231. The highest BCUT2D eigenvalue weighted by Crippen LogP contribution is 2.18. The maximum Gasteiger partial charge on any atom is 0.119 e. The van der Waals surface area contributed by atoms with Gasteiger partial charge in [0.2, 0.25) is 0 Å². The van der Waals surface area contributed by atoms with Crippen molar-refractivity contribution in [2.45, 2.75) is 6.04 Å². The Balaban J connectivity index is 2.37. The van der Waals surface area contributed by atoms with E-state index in [-0.39, 0.29) is 6.04 Å². The second-order valence-corrected chi connectivity index (χ2v) is 2.58. The second-order valence-electron chi connectivity index (χ2n) is 2.58. The molecule has 0 radical (unpaired) electrons. The van der Waals surface area contributed by atoms with E-state index < -0.39 is 0 Å². The summed E-state index contributed by atoms with van der Waals surface area (Å²) >= 11 is 0. The fourth-order valence-electron chi connectivity index (χ4n) is 1.27. The Morgan fingerprint density at radius 2 is 2.18 bits per heavy atom. The molecule has 2 heteroatoms. The quantitative estimate of drug-likeness (QED) is 0.543. The van der Waals surface area contributed by atoms with Crippen LogP contribution in [0.3, 0.4) is 0 Å². The first-order chi connectivity index (χ1) is 5.38. The standard InChI is InChI=1S/C9H9NO/c11-8-5-1-3-7-4-2-6-10-9(7)8/h1-6,9-11H. The van der Waals surface area contributed by atoms with Gasteiger partial charge >= 0.3 is 0 Å². The topological polar surface area (TPSA) is 32.3 Å². The molecule has 0 saturated heterocycles. The van der Waals surface area contributed by atoms with E-state index in [0.29, 0.717) is 5.76 Å². The molecule has 0 bridgehead atoms. The molecular formula is C9H9NO. The van der Waals surface area contributed by atoms with Gasteiger partial charge in [0.1, 0.15) is 11.8 Å². The monoisotopic (exact) mass is 147 g/mol. The van der Waals surface area contributed by atoms with Crippen LogP contribution in [0, 0.1) is 0 Å². The summed E-state index contributed by atoms with van der Waals surface area (Å²) in [4.78, 5) is 0. The molecule has 1 atom stereocenters. The summed E-state index contributed by atoms with van der Waals surface area (Å²) < 4.78 is 0. The van der Waals surface area contributed by atoms with Gasteiger partial charge in [-0.05, 0) is 23.9 Å². The van der Waals surface area contributed by atoms with Crippen molar-refractivity contribution >= 4 is 0 Å². The first-order valence-corrected chi connectivity index (χ1v) is 3.58.